The van der Waals surface area contributed by atoms with E-state index in [-0.39, 0.29) is 23.0 Å². The van der Waals surface area contributed by atoms with Crippen LogP contribution in [0.3, 0.4) is 0 Å². The number of fused-ring (bicyclic) bond motifs is 7. The molecule has 0 radical (unpaired) electrons. The Hall–Kier alpha value is -10.7. The van der Waals surface area contributed by atoms with Gasteiger partial charge in [0.2, 0.25) is 0 Å². The van der Waals surface area contributed by atoms with Gasteiger partial charge in [-0.3, -0.25) is 0 Å². The lowest BCUT2D eigenvalue weighted by molar-refractivity contribution is 0.168. The number of rotatable bonds is 10. The molecular formula is C95H84BN3. The Morgan fingerprint density at radius 3 is 1.25 bits per heavy atom. The summed E-state index contributed by atoms with van der Waals surface area (Å²) < 4.78 is 2.51. The van der Waals surface area contributed by atoms with E-state index in [2.05, 4.69) is 374 Å². The highest BCUT2D eigenvalue weighted by atomic mass is 15.2. The zero-order valence-corrected chi connectivity index (χ0v) is 58.5. The van der Waals surface area contributed by atoms with Crippen LogP contribution in [0.5, 0.6) is 0 Å². The van der Waals surface area contributed by atoms with Gasteiger partial charge >= 0.3 is 0 Å². The van der Waals surface area contributed by atoms with Gasteiger partial charge in [-0.05, 0) is 186 Å². The van der Waals surface area contributed by atoms with Crippen LogP contribution in [-0.4, -0.2) is 11.3 Å². The van der Waals surface area contributed by atoms with Crippen molar-refractivity contribution in [3.05, 3.63) is 314 Å². The summed E-state index contributed by atoms with van der Waals surface area (Å²) in [5.74, 6) is 0.870. The molecule has 17 rings (SSSR count). The second-order valence-electron chi connectivity index (χ2n) is 31.3. The quantitative estimate of drug-likeness (QED) is 0.126. The highest BCUT2D eigenvalue weighted by Gasteiger charge is 2.47. The van der Waals surface area contributed by atoms with Gasteiger partial charge in [0.1, 0.15) is 0 Å². The summed E-state index contributed by atoms with van der Waals surface area (Å²) in [6, 6.07) is 114. The first kappa shape index (κ1) is 61.9. The summed E-state index contributed by atoms with van der Waals surface area (Å²) in [4.78, 5) is 5.47. The summed E-state index contributed by atoms with van der Waals surface area (Å²) in [6.45, 7) is 21.3. The van der Waals surface area contributed by atoms with Crippen LogP contribution in [0.25, 0.3) is 94.3 Å². The first-order valence-electron chi connectivity index (χ1n) is 35.8. The van der Waals surface area contributed by atoms with Crippen LogP contribution in [-0.2, 0) is 10.8 Å². The van der Waals surface area contributed by atoms with Crippen molar-refractivity contribution in [3.8, 4) is 72.4 Å². The molecule has 14 aromatic rings. The predicted molar refractivity (Wildman–Crippen MR) is 424 cm³/mol. The van der Waals surface area contributed by atoms with E-state index in [0.717, 1.165) is 18.5 Å². The SMILES string of the molecule is CC1CC(c2cc3c4c(c2)N(c2c(-c5ccccc5)cccc2-c2ccccc2)c2cc(-c5ccccc5)ccc2B4c2cc(-c4cccc(-n5c6ccc(C(C)(C)C)cc6c6cc(C(C)(C)C)ccc65)c4)ccc2N3c2c(-c3ccccc3)cccc2-c2ccccc2)CC(C)(C)C1. The number of nitrogens with zero attached hydrogens (tertiary/aromatic N) is 3. The number of aromatic nitrogens is 1. The molecule has 0 amide bonds. The van der Waals surface area contributed by atoms with Crippen molar-refractivity contribution < 1.29 is 0 Å². The molecule has 0 saturated heterocycles. The van der Waals surface area contributed by atoms with Crippen LogP contribution in [0.15, 0.2) is 297 Å². The molecule has 1 aliphatic carbocycles. The maximum atomic E-state index is 2.74. The highest BCUT2D eigenvalue weighted by molar-refractivity contribution is 7.00. The first-order valence-corrected chi connectivity index (χ1v) is 35.8. The monoisotopic (exact) mass is 1280 g/mol. The van der Waals surface area contributed by atoms with Crippen LogP contribution < -0.4 is 26.2 Å². The van der Waals surface area contributed by atoms with Crippen molar-refractivity contribution in [2.75, 3.05) is 9.80 Å². The summed E-state index contributed by atoms with van der Waals surface area (Å²) in [6.07, 6.45) is 3.43. The lowest BCUT2D eigenvalue weighted by Gasteiger charge is -2.47. The van der Waals surface area contributed by atoms with Crippen LogP contribution in [0.1, 0.15) is 104 Å². The molecule has 2 unspecified atom stereocenters. The number of para-hydroxylation sites is 2. The Labute approximate surface area is 585 Å². The molecule has 13 aromatic carbocycles. The second-order valence-corrected chi connectivity index (χ2v) is 31.3. The van der Waals surface area contributed by atoms with Crippen LogP contribution in [0.4, 0.5) is 34.1 Å². The van der Waals surface area contributed by atoms with Gasteiger partial charge < -0.3 is 14.4 Å². The largest absolute Gasteiger partial charge is 0.310 e. The third-order valence-corrected chi connectivity index (χ3v) is 21.8. The molecule has 2 aliphatic heterocycles. The molecule has 482 valence electrons. The summed E-state index contributed by atoms with van der Waals surface area (Å²) in [5, 5.41) is 2.58. The van der Waals surface area contributed by atoms with Gasteiger partial charge in [0, 0.05) is 61.5 Å². The molecule has 2 atom stereocenters. The van der Waals surface area contributed by atoms with Gasteiger partial charge in [0.25, 0.3) is 6.71 Å². The van der Waals surface area contributed by atoms with E-state index in [1.54, 1.807) is 0 Å². The molecule has 0 bridgehead atoms. The molecule has 3 nitrogen and oxygen atoms in total. The Morgan fingerprint density at radius 2 is 0.778 bits per heavy atom. The molecule has 1 fully saturated rings. The molecule has 3 aliphatic rings. The van der Waals surface area contributed by atoms with Crippen molar-refractivity contribution in [2.24, 2.45) is 11.3 Å². The fourth-order valence-electron chi connectivity index (χ4n) is 17.4. The molecular weight excluding hydrogens is 1190 g/mol. The highest BCUT2D eigenvalue weighted by Crippen LogP contribution is 2.56. The predicted octanol–water partition coefficient (Wildman–Crippen LogP) is 24.4. The Bertz CT molecular complexity index is 5240. The molecule has 99 heavy (non-hydrogen) atoms. The zero-order valence-electron chi connectivity index (χ0n) is 58.5. The maximum absolute atomic E-state index is 2.74. The second kappa shape index (κ2) is 24.1. The van der Waals surface area contributed by atoms with Crippen molar-refractivity contribution in [2.45, 2.75) is 98.3 Å². The van der Waals surface area contributed by atoms with E-state index < -0.39 is 0 Å². The van der Waals surface area contributed by atoms with Gasteiger partial charge in [0.05, 0.1) is 22.4 Å². The van der Waals surface area contributed by atoms with Gasteiger partial charge in [0.15, 0.2) is 0 Å². The van der Waals surface area contributed by atoms with Crippen molar-refractivity contribution in [3.63, 3.8) is 0 Å². The number of anilines is 6. The minimum atomic E-state index is -0.185. The van der Waals surface area contributed by atoms with Crippen LogP contribution in [0.2, 0.25) is 0 Å². The van der Waals surface area contributed by atoms with E-state index in [0.29, 0.717) is 11.8 Å². The maximum Gasteiger partial charge on any atom is 0.252 e. The van der Waals surface area contributed by atoms with Gasteiger partial charge in [-0.25, -0.2) is 0 Å². The standard InChI is InChI=1S/C95H84BN3/c1-62-52-72(61-95(8,9)60-62)71-56-88-90-89(57-71)99(92-78(66-34-21-13-22-35-66)42-27-43-79(92)67-36-23-14-24-37-67)87-55-70(63-28-15-10-16-29-63)44-48-82(87)96(90)83-54-69(45-49-86(83)98(88)91-76(64-30-17-11-18-31-64)40-26-41-77(91)65-32-19-12-20-33-65)68-38-25-39-75(53-68)97-84-50-46-73(93(2,3)4)58-80(84)81-59-74(94(5,6)7)47-51-85(81)97/h10-51,53-59,62,72H,52,60-61H2,1-9H3. The van der Waals surface area contributed by atoms with E-state index in [9.17, 15) is 0 Å². The lowest BCUT2D eigenvalue weighted by atomic mass is 9.33. The Morgan fingerprint density at radius 1 is 0.354 bits per heavy atom. The molecule has 1 aromatic heterocycles. The van der Waals surface area contributed by atoms with Gasteiger partial charge in [-0.2, -0.15) is 0 Å². The minimum Gasteiger partial charge on any atom is -0.310 e. The number of benzene rings is 13. The van der Waals surface area contributed by atoms with E-state index in [4.69, 9.17) is 0 Å². The Balaban J connectivity index is 0.989. The Kier molecular flexibility index (Phi) is 15.1. The third-order valence-electron chi connectivity index (χ3n) is 21.8. The zero-order chi connectivity index (χ0) is 67.5. The summed E-state index contributed by atoms with van der Waals surface area (Å²) in [7, 11) is 0. The average molecular weight is 1280 g/mol. The molecule has 3 heterocycles. The molecule has 4 heteroatoms. The fourth-order valence-corrected chi connectivity index (χ4v) is 17.4. The van der Waals surface area contributed by atoms with Crippen molar-refractivity contribution in [1.82, 2.24) is 4.57 Å². The third kappa shape index (κ3) is 10.9. The first-order chi connectivity index (χ1) is 48.0. The van der Waals surface area contributed by atoms with E-state index in [1.165, 1.54) is 162 Å². The van der Waals surface area contributed by atoms with Gasteiger partial charge in [-0.15, -0.1) is 0 Å². The number of hydrogen-bond donors (Lipinski definition) is 0. The van der Waals surface area contributed by atoms with Crippen molar-refractivity contribution >= 4 is 79.0 Å². The lowest BCUT2D eigenvalue weighted by Crippen LogP contribution is -2.61. The summed E-state index contributed by atoms with van der Waals surface area (Å²) in [5.41, 5.74) is 32.9. The topological polar surface area (TPSA) is 11.4 Å². The molecule has 0 spiro atoms. The van der Waals surface area contributed by atoms with E-state index in [1.807, 2.05) is 0 Å². The van der Waals surface area contributed by atoms with Crippen LogP contribution in [0, 0.1) is 11.3 Å². The van der Waals surface area contributed by atoms with Crippen LogP contribution >= 0.6 is 0 Å². The summed E-state index contributed by atoms with van der Waals surface area (Å²) >= 11 is 0. The average Bonchev–Trinajstić information content (AvgIpc) is 1.27. The smallest absolute Gasteiger partial charge is 0.252 e. The van der Waals surface area contributed by atoms with Crippen molar-refractivity contribution in [1.29, 1.82) is 0 Å². The molecule has 0 N–H and O–H groups in total. The number of hydrogen-bond acceptors (Lipinski definition) is 2. The van der Waals surface area contributed by atoms with E-state index >= 15 is 0 Å². The fraction of sp³-hybridized carbons (Fsp3) is 0.179. The van der Waals surface area contributed by atoms with Gasteiger partial charge in [-0.1, -0.05) is 299 Å². The molecule has 1 saturated carbocycles. The normalized spacial score (nSPS) is 15.6. The minimum absolute atomic E-state index is 0.00708.